The highest BCUT2D eigenvalue weighted by Crippen LogP contribution is 2.02. The highest BCUT2D eigenvalue weighted by molar-refractivity contribution is 5.85. The maximum Gasteiger partial charge on any atom is 0.241 e. The number of carbonyl (C=O) groups is 1. The summed E-state index contributed by atoms with van der Waals surface area (Å²) in [7, 11) is 0. The van der Waals surface area contributed by atoms with Crippen molar-refractivity contribution in [1.29, 1.82) is 0 Å². The van der Waals surface area contributed by atoms with Gasteiger partial charge in [-0.1, -0.05) is 48.6 Å². The molecule has 0 saturated carbocycles. The van der Waals surface area contributed by atoms with Crippen LogP contribution in [0.25, 0.3) is 0 Å². The predicted molar refractivity (Wildman–Crippen MR) is 62.2 cm³/mol. The second kappa shape index (κ2) is 6.60. The van der Waals surface area contributed by atoms with Crippen LogP contribution in [0.4, 0.5) is 0 Å². The second-order valence-corrected chi connectivity index (χ2v) is 3.21. The fourth-order valence-electron chi connectivity index (χ4n) is 1.22. The van der Waals surface area contributed by atoms with Gasteiger partial charge in [0, 0.05) is 6.08 Å². The number of rotatable bonds is 5. The molecule has 1 aromatic carbocycles. The third-order valence-electron chi connectivity index (χ3n) is 1.95. The summed E-state index contributed by atoms with van der Waals surface area (Å²) in [5, 5.41) is 0. The summed E-state index contributed by atoms with van der Waals surface area (Å²) < 4.78 is 0. The molecule has 0 fully saturated rings. The summed E-state index contributed by atoms with van der Waals surface area (Å²) in [5.41, 5.74) is 6.26. The molecular formula is C13H15NO. The van der Waals surface area contributed by atoms with Gasteiger partial charge in [-0.15, -0.1) is 0 Å². The van der Waals surface area contributed by atoms with Gasteiger partial charge in [0.1, 0.15) is 0 Å². The van der Waals surface area contributed by atoms with Crippen LogP contribution in [0.2, 0.25) is 0 Å². The Morgan fingerprint density at radius 2 is 1.93 bits per heavy atom. The van der Waals surface area contributed by atoms with Crippen molar-refractivity contribution in [3.05, 3.63) is 60.2 Å². The molecule has 0 aliphatic heterocycles. The van der Waals surface area contributed by atoms with Crippen molar-refractivity contribution in [3.8, 4) is 0 Å². The average molecular weight is 201 g/mol. The molecule has 0 aliphatic carbocycles. The van der Waals surface area contributed by atoms with Gasteiger partial charge in [0.15, 0.2) is 0 Å². The highest BCUT2D eigenvalue weighted by Gasteiger charge is 1.87. The van der Waals surface area contributed by atoms with Crippen molar-refractivity contribution in [3.63, 3.8) is 0 Å². The van der Waals surface area contributed by atoms with Crippen LogP contribution in [0.1, 0.15) is 12.0 Å². The minimum Gasteiger partial charge on any atom is -0.366 e. The van der Waals surface area contributed by atoms with E-state index in [4.69, 9.17) is 5.73 Å². The number of nitrogens with two attached hydrogens (primary N) is 1. The van der Waals surface area contributed by atoms with Crippen LogP contribution in [-0.4, -0.2) is 5.91 Å². The smallest absolute Gasteiger partial charge is 0.241 e. The molecule has 0 heterocycles. The first kappa shape index (κ1) is 11.2. The Kier molecular flexibility index (Phi) is 4.95. The van der Waals surface area contributed by atoms with E-state index in [1.807, 2.05) is 30.4 Å². The number of benzene rings is 1. The molecule has 0 spiro atoms. The molecule has 0 saturated heterocycles. The summed E-state index contributed by atoms with van der Waals surface area (Å²) in [6.07, 6.45) is 8.85. The molecule has 2 heteroatoms. The average Bonchev–Trinajstić information content (AvgIpc) is 2.24. The molecular weight excluding hydrogens is 186 g/mol. The van der Waals surface area contributed by atoms with Crippen molar-refractivity contribution in [2.75, 3.05) is 0 Å². The molecule has 1 aromatic rings. The second-order valence-electron chi connectivity index (χ2n) is 3.21. The van der Waals surface area contributed by atoms with E-state index >= 15 is 0 Å². The van der Waals surface area contributed by atoms with Crippen molar-refractivity contribution >= 4 is 5.91 Å². The van der Waals surface area contributed by atoms with Gasteiger partial charge in [-0.05, 0) is 18.4 Å². The van der Waals surface area contributed by atoms with Crippen LogP contribution in [0.15, 0.2) is 54.6 Å². The molecule has 1 amide bonds. The molecule has 2 N–H and O–H groups in total. The molecule has 78 valence electrons. The third kappa shape index (κ3) is 5.47. The van der Waals surface area contributed by atoms with Gasteiger partial charge in [-0.25, -0.2) is 0 Å². The molecule has 2 nitrogen and oxygen atoms in total. The fraction of sp³-hybridized carbons (Fsp3) is 0.154. The van der Waals surface area contributed by atoms with Crippen LogP contribution in [0.5, 0.6) is 0 Å². The topological polar surface area (TPSA) is 43.1 Å². The number of carbonyl (C=O) groups excluding carboxylic acids is 1. The minimum absolute atomic E-state index is 0.414. The van der Waals surface area contributed by atoms with E-state index in [9.17, 15) is 4.79 Å². The van der Waals surface area contributed by atoms with Crippen molar-refractivity contribution in [2.24, 2.45) is 5.73 Å². The number of hydrogen-bond acceptors (Lipinski definition) is 1. The molecule has 0 unspecified atom stereocenters. The monoisotopic (exact) mass is 201 g/mol. The van der Waals surface area contributed by atoms with Crippen molar-refractivity contribution < 1.29 is 4.79 Å². The van der Waals surface area contributed by atoms with Gasteiger partial charge in [0.2, 0.25) is 5.91 Å². The number of amides is 1. The Hall–Kier alpha value is -1.83. The third-order valence-corrected chi connectivity index (χ3v) is 1.95. The Morgan fingerprint density at radius 3 is 2.60 bits per heavy atom. The van der Waals surface area contributed by atoms with E-state index in [-0.39, 0.29) is 0 Å². The van der Waals surface area contributed by atoms with Gasteiger partial charge >= 0.3 is 0 Å². The summed E-state index contributed by atoms with van der Waals surface area (Å²) in [6.45, 7) is 0. The Balaban J connectivity index is 2.25. The van der Waals surface area contributed by atoms with Crippen molar-refractivity contribution in [2.45, 2.75) is 12.8 Å². The zero-order valence-corrected chi connectivity index (χ0v) is 8.60. The van der Waals surface area contributed by atoms with Gasteiger partial charge in [-0.2, -0.15) is 0 Å². The fourth-order valence-corrected chi connectivity index (χ4v) is 1.22. The van der Waals surface area contributed by atoms with Crippen LogP contribution >= 0.6 is 0 Å². The van der Waals surface area contributed by atoms with Gasteiger partial charge in [0.25, 0.3) is 0 Å². The van der Waals surface area contributed by atoms with E-state index in [2.05, 4.69) is 12.1 Å². The normalized spacial score (nSPS) is 11.2. The van der Waals surface area contributed by atoms with Gasteiger partial charge < -0.3 is 5.73 Å². The predicted octanol–water partition coefficient (Wildman–Crippen LogP) is 2.22. The quantitative estimate of drug-likeness (QED) is 0.576. The van der Waals surface area contributed by atoms with Gasteiger partial charge in [0.05, 0.1) is 0 Å². The number of aryl methyl sites for hydroxylation is 1. The SMILES string of the molecule is NC(=O)/C=C/C=C/CCc1ccccc1. The summed E-state index contributed by atoms with van der Waals surface area (Å²) in [6, 6.07) is 10.3. The lowest BCUT2D eigenvalue weighted by Gasteiger charge is -1.95. The zero-order chi connectivity index (χ0) is 10.9. The summed E-state index contributed by atoms with van der Waals surface area (Å²) in [5.74, 6) is -0.414. The first-order valence-electron chi connectivity index (χ1n) is 4.95. The van der Waals surface area contributed by atoms with E-state index in [1.165, 1.54) is 11.6 Å². The largest absolute Gasteiger partial charge is 0.366 e. The molecule has 0 radical (unpaired) electrons. The Labute approximate surface area is 90.1 Å². The van der Waals surface area contributed by atoms with Crippen molar-refractivity contribution in [1.82, 2.24) is 0 Å². The Bertz CT molecular complexity index is 352. The van der Waals surface area contributed by atoms with Crippen LogP contribution < -0.4 is 5.73 Å². The first-order valence-corrected chi connectivity index (χ1v) is 4.95. The highest BCUT2D eigenvalue weighted by atomic mass is 16.1. The first-order chi connectivity index (χ1) is 7.29. The maximum atomic E-state index is 10.4. The Morgan fingerprint density at radius 1 is 1.20 bits per heavy atom. The number of primary amides is 1. The molecule has 1 rings (SSSR count). The molecule has 0 aromatic heterocycles. The lowest BCUT2D eigenvalue weighted by atomic mass is 10.1. The van der Waals surface area contributed by atoms with E-state index in [0.29, 0.717) is 0 Å². The minimum atomic E-state index is -0.414. The van der Waals surface area contributed by atoms with Gasteiger partial charge in [-0.3, -0.25) is 4.79 Å². The molecule has 0 bridgehead atoms. The standard InChI is InChI=1S/C13H15NO/c14-13(15)11-7-2-1-4-8-12-9-5-3-6-10-12/h1-3,5-7,9-11H,4,8H2,(H2,14,15)/b2-1+,11-7+. The van der Waals surface area contributed by atoms with E-state index < -0.39 is 5.91 Å². The lowest BCUT2D eigenvalue weighted by Crippen LogP contribution is -2.04. The molecule has 0 atom stereocenters. The van der Waals surface area contributed by atoms with E-state index in [0.717, 1.165) is 12.8 Å². The lowest BCUT2D eigenvalue weighted by molar-refractivity contribution is -0.113. The molecule has 15 heavy (non-hydrogen) atoms. The van der Waals surface area contributed by atoms with Crippen LogP contribution in [-0.2, 0) is 11.2 Å². The number of allylic oxidation sites excluding steroid dienone is 3. The summed E-state index contributed by atoms with van der Waals surface area (Å²) in [4.78, 5) is 10.4. The van der Waals surface area contributed by atoms with Crippen LogP contribution in [0, 0.1) is 0 Å². The van der Waals surface area contributed by atoms with Crippen LogP contribution in [0.3, 0.4) is 0 Å². The number of hydrogen-bond donors (Lipinski definition) is 1. The summed E-state index contributed by atoms with van der Waals surface area (Å²) >= 11 is 0. The zero-order valence-electron chi connectivity index (χ0n) is 8.60. The molecule has 0 aliphatic rings. The maximum absolute atomic E-state index is 10.4. The van der Waals surface area contributed by atoms with E-state index in [1.54, 1.807) is 6.08 Å².